The highest BCUT2D eigenvalue weighted by Gasteiger charge is 2.24. The maximum Gasteiger partial charge on any atom is 0.409 e. The van der Waals surface area contributed by atoms with Crippen LogP contribution in [0.4, 0.5) is 10.5 Å². The summed E-state index contributed by atoms with van der Waals surface area (Å²) in [7, 11) is 0. The van der Waals surface area contributed by atoms with E-state index in [2.05, 4.69) is 25.9 Å². The van der Waals surface area contributed by atoms with Crippen molar-refractivity contribution in [3.63, 3.8) is 0 Å². The third-order valence-corrected chi connectivity index (χ3v) is 4.03. The molecular weight excluding hydrogens is 348 g/mol. The van der Waals surface area contributed by atoms with E-state index in [0.717, 1.165) is 12.8 Å². The number of ether oxygens (including phenoxy) is 1. The lowest BCUT2D eigenvalue weighted by molar-refractivity contribution is -0.114. The summed E-state index contributed by atoms with van der Waals surface area (Å²) < 4.78 is 5.03. The molecule has 1 fully saturated rings. The van der Waals surface area contributed by atoms with Gasteiger partial charge in [-0.25, -0.2) is 9.79 Å². The van der Waals surface area contributed by atoms with Crippen LogP contribution in [0.3, 0.4) is 0 Å². The average molecular weight is 376 g/mol. The number of piperidine rings is 1. The Bertz CT molecular complexity index is 629. The Morgan fingerprint density at radius 2 is 2.11 bits per heavy atom. The molecule has 0 atom stereocenters. The number of likely N-dealkylation sites (tertiary alicyclic amines) is 1. The summed E-state index contributed by atoms with van der Waals surface area (Å²) >= 11 is 0. The maximum absolute atomic E-state index is 12.0. The van der Waals surface area contributed by atoms with Crippen molar-refractivity contribution in [1.82, 2.24) is 20.5 Å². The predicted octanol–water partition coefficient (Wildman–Crippen LogP) is 1.20. The van der Waals surface area contributed by atoms with E-state index >= 15 is 0 Å². The molecule has 0 unspecified atom stereocenters. The van der Waals surface area contributed by atoms with Crippen molar-refractivity contribution in [2.24, 2.45) is 4.99 Å². The Hall–Kier alpha value is -2.84. The van der Waals surface area contributed by atoms with E-state index in [9.17, 15) is 9.59 Å². The molecule has 0 aliphatic carbocycles. The molecule has 2 rings (SSSR count). The molecule has 0 spiro atoms. The SMILES string of the molecule is CCNC(=NCC(=O)Nc1cccnc1)NC1CCN(C(=O)OCC)CC1. The van der Waals surface area contributed by atoms with Crippen molar-refractivity contribution in [2.45, 2.75) is 32.7 Å². The molecule has 148 valence electrons. The number of rotatable bonds is 6. The zero-order valence-electron chi connectivity index (χ0n) is 15.9. The second kappa shape index (κ2) is 11.0. The van der Waals surface area contributed by atoms with Crippen LogP contribution in [0, 0.1) is 0 Å². The van der Waals surface area contributed by atoms with Gasteiger partial charge in [0.2, 0.25) is 5.91 Å². The molecule has 2 amide bonds. The normalized spacial score (nSPS) is 15.2. The van der Waals surface area contributed by atoms with E-state index < -0.39 is 0 Å². The van der Waals surface area contributed by atoms with Crippen LogP contribution in [0.5, 0.6) is 0 Å². The molecule has 3 N–H and O–H groups in total. The molecule has 0 bridgehead atoms. The van der Waals surface area contributed by atoms with Crippen LogP contribution in [0.25, 0.3) is 0 Å². The lowest BCUT2D eigenvalue weighted by Crippen LogP contribution is -2.50. The zero-order valence-corrected chi connectivity index (χ0v) is 15.9. The quantitative estimate of drug-likeness (QED) is 0.509. The Kier molecular flexibility index (Phi) is 8.34. The number of hydrogen-bond acceptors (Lipinski definition) is 5. The van der Waals surface area contributed by atoms with E-state index in [4.69, 9.17) is 4.74 Å². The first-order chi connectivity index (χ1) is 13.1. The van der Waals surface area contributed by atoms with Gasteiger partial charge in [-0.15, -0.1) is 0 Å². The van der Waals surface area contributed by atoms with Crippen LogP contribution in [0.2, 0.25) is 0 Å². The fourth-order valence-corrected chi connectivity index (χ4v) is 2.72. The summed E-state index contributed by atoms with van der Waals surface area (Å²) in [4.78, 5) is 33.8. The predicted molar refractivity (Wildman–Crippen MR) is 104 cm³/mol. The monoisotopic (exact) mass is 376 g/mol. The molecule has 0 aromatic carbocycles. The van der Waals surface area contributed by atoms with Gasteiger partial charge in [-0.2, -0.15) is 0 Å². The molecule has 1 aliphatic rings. The van der Waals surface area contributed by atoms with Crippen molar-refractivity contribution >= 4 is 23.6 Å². The summed E-state index contributed by atoms with van der Waals surface area (Å²) in [6.07, 6.45) is 4.57. The van der Waals surface area contributed by atoms with Crippen LogP contribution in [0.15, 0.2) is 29.5 Å². The number of pyridine rings is 1. The van der Waals surface area contributed by atoms with Gasteiger partial charge in [-0.1, -0.05) is 0 Å². The number of guanidine groups is 1. The summed E-state index contributed by atoms with van der Waals surface area (Å²) in [5.74, 6) is 0.380. The molecule has 1 aromatic heterocycles. The standard InChI is InChI=1S/C18H28N6O3/c1-3-20-17(21-13-16(25)22-15-6-5-9-19-12-15)23-14-7-10-24(11-8-14)18(26)27-4-2/h5-6,9,12,14H,3-4,7-8,10-11,13H2,1-2H3,(H,22,25)(H2,20,21,23). The Balaban J connectivity index is 1.81. The number of nitrogens with one attached hydrogen (secondary N) is 3. The molecule has 0 saturated carbocycles. The van der Waals surface area contributed by atoms with Crippen molar-refractivity contribution in [2.75, 3.05) is 38.1 Å². The molecule has 27 heavy (non-hydrogen) atoms. The highest BCUT2D eigenvalue weighted by Crippen LogP contribution is 2.11. The fourth-order valence-electron chi connectivity index (χ4n) is 2.72. The molecule has 1 aliphatic heterocycles. The average Bonchev–Trinajstić information content (AvgIpc) is 2.68. The van der Waals surface area contributed by atoms with E-state index in [-0.39, 0.29) is 24.6 Å². The van der Waals surface area contributed by atoms with E-state index in [1.165, 1.54) is 0 Å². The number of nitrogens with zero attached hydrogens (tertiary/aromatic N) is 3. The largest absolute Gasteiger partial charge is 0.450 e. The van der Waals surface area contributed by atoms with Crippen molar-refractivity contribution in [3.8, 4) is 0 Å². The van der Waals surface area contributed by atoms with Gasteiger partial charge < -0.3 is 25.6 Å². The minimum atomic E-state index is -0.261. The maximum atomic E-state index is 12.0. The van der Waals surface area contributed by atoms with Gasteiger partial charge in [0.15, 0.2) is 5.96 Å². The Morgan fingerprint density at radius 3 is 2.74 bits per heavy atom. The van der Waals surface area contributed by atoms with Crippen LogP contribution in [-0.4, -0.2) is 66.7 Å². The van der Waals surface area contributed by atoms with Crippen molar-refractivity contribution < 1.29 is 14.3 Å². The van der Waals surface area contributed by atoms with Gasteiger partial charge in [0.05, 0.1) is 18.5 Å². The zero-order chi connectivity index (χ0) is 19.5. The van der Waals surface area contributed by atoms with Crippen LogP contribution >= 0.6 is 0 Å². The van der Waals surface area contributed by atoms with Gasteiger partial charge in [0.25, 0.3) is 0 Å². The minimum Gasteiger partial charge on any atom is -0.450 e. The van der Waals surface area contributed by atoms with Crippen LogP contribution < -0.4 is 16.0 Å². The van der Waals surface area contributed by atoms with Gasteiger partial charge in [0, 0.05) is 31.9 Å². The molecule has 1 aromatic rings. The number of carbonyl (C=O) groups is 2. The summed E-state index contributed by atoms with van der Waals surface area (Å²) in [6.45, 7) is 6.12. The highest BCUT2D eigenvalue weighted by molar-refractivity contribution is 5.93. The number of amides is 2. The van der Waals surface area contributed by atoms with E-state index in [1.807, 2.05) is 6.92 Å². The number of hydrogen-bond donors (Lipinski definition) is 3. The Labute approximate surface area is 159 Å². The van der Waals surface area contributed by atoms with Crippen molar-refractivity contribution in [3.05, 3.63) is 24.5 Å². The smallest absolute Gasteiger partial charge is 0.409 e. The summed E-state index contributed by atoms with van der Waals surface area (Å²) in [5.41, 5.74) is 0.641. The topological polar surface area (TPSA) is 108 Å². The highest BCUT2D eigenvalue weighted by atomic mass is 16.6. The molecular formula is C18H28N6O3. The van der Waals surface area contributed by atoms with Crippen molar-refractivity contribution in [1.29, 1.82) is 0 Å². The number of aromatic nitrogens is 1. The van der Waals surface area contributed by atoms with Gasteiger partial charge in [0.1, 0.15) is 6.54 Å². The first-order valence-corrected chi connectivity index (χ1v) is 9.28. The van der Waals surface area contributed by atoms with E-state index in [0.29, 0.717) is 37.9 Å². The van der Waals surface area contributed by atoms with Crippen LogP contribution in [-0.2, 0) is 9.53 Å². The van der Waals surface area contributed by atoms with Crippen LogP contribution in [0.1, 0.15) is 26.7 Å². The molecule has 9 nitrogen and oxygen atoms in total. The second-order valence-electron chi connectivity index (χ2n) is 6.09. The minimum absolute atomic E-state index is 0.00585. The third-order valence-electron chi connectivity index (χ3n) is 4.03. The van der Waals surface area contributed by atoms with E-state index in [1.54, 1.807) is 36.4 Å². The third kappa shape index (κ3) is 7.12. The molecule has 0 radical (unpaired) electrons. The summed E-state index contributed by atoms with van der Waals surface area (Å²) in [6, 6.07) is 3.72. The fraction of sp³-hybridized carbons (Fsp3) is 0.556. The van der Waals surface area contributed by atoms with Gasteiger partial charge in [-0.3, -0.25) is 9.78 Å². The summed E-state index contributed by atoms with van der Waals surface area (Å²) in [5, 5.41) is 9.23. The number of anilines is 1. The second-order valence-corrected chi connectivity index (χ2v) is 6.09. The number of aliphatic imine (C=N–C) groups is 1. The van der Waals surface area contributed by atoms with Gasteiger partial charge in [-0.05, 0) is 38.8 Å². The lowest BCUT2D eigenvalue weighted by Gasteiger charge is -2.32. The molecule has 9 heteroatoms. The number of carbonyl (C=O) groups excluding carboxylic acids is 2. The lowest BCUT2D eigenvalue weighted by atomic mass is 10.1. The Morgan fingerprint density at radius 1 is 1.33 bits per heavy atom. The molecule has 2 heterocycles. The molecule has 1 saturated heterocycles. The first kappa shape index (κ1) is 20.5. The first-order valence-electron chi connectivity index (χ1n) is 9.28. The van der Waals surface area contributed by atoms with Gasteiger partial charge >= 0.3 is 6.09 Å².